The van der Waals surface area contributed by atoms with Crippen molar-refractivity contribution in [3.63, 3.8) is 0 Å². The molecule has 2 unspecified atom stereocenters. The van der Waals surface area contributed by atoms with Crippen LogP contribution in [0.1, 0.15) is 43.7 Å². The van der Waals surface area contributed by atoms with Crippen LogP contribution in [0, 0.1) is 0 Å². The number of rotatable bonds is 4. The Balaban J connectivity index is 1.86. The lowest BCUT2D eigenvalue weighted by Crippen LogP contribution is -2.43. The average Bonchev–Trinajstić information content (AvgIpc) is 3.03. The second-order valence-electron chi connectivity index (χ2n) is 6.02. The molecule has 2 saturated heterocycles. The van der Waals surface area contributed by atoms with Gasteiger partial charge in [0.1, 0.15) is 5.75 Å². The predicted octanol–water partition coefficient (Wildman–Crippen LogP) is 2.97. The van der Waals surface area contributed by atoms with Crippen LogP contribution in [0.4, 0.5) is 0 Å². The van der Waals surface area contributed by atoms with Gasteiger partial charge in [0.25, 0.3) is 0 Å². The summed E-state index contributed by atoms with van der Waals surface area (Å²) in [6, 6.07) is 9.76. The molecular weight excluding hydrogens is 248 g/mol. The van der Waals surface area contributed by atoms with E-state index < -0.39 is 0 Å². The first-order chi connectivity index (χ1) is 9.88. The van der Waals surface area contributed by atoms with E-state index in [1.54, 1.807) is 7.11 Å². The Hall–Kier alpha value is -1.06. The molecule has 1 aromatic carbocycles. The number of nitrogens with one attached hydrogen (secondary N) is 1. The van der Waals surface area contributed by atoms with E-state index in [1.807, 2.05) is 6.07 Å². The molecule has 2 heterocycles. The van der Waals surface area contributed by atoms with Gasteiger partial charge in [0, 0.05) is 6.04 Å². The molecule has 1 aromatic rings. The van der Waals surface area contributed by atoms with E-state index in [0.29, 0.717) is 12.1 Å². The summed E-state index contributed by atoms with van der Waals surface area (Å²) in [6.07, 6.45) is 6.66. The van der Waals surface area contributed by atoms with Gasteiger partial charge in [0.15, 0.2) is 0 Å². The Kier molecular flexibility index (Phi) is 4.58. The van der Waals surface area contributed by atoms with Crippen molar-refractivity contribution in [1.29, 1.82) is 0 Å². The van der Waals surface area contributed by atoms with Crippen molar-refractivity contribution in [2.24, 2.45) is 0 Å². The van der Waals surface area contributed by atoms with Crippen molar-refractivity contribution in [3.05, 3.63) is 29.8 Å². The number of likely N-dealkylation sites (tertiary alicyclic amines) is 1. The van der Waals surface area contributed by atoms with Gasteiger partial charge in [-0.1, -0.05) is 18.6 Å². The number of benzene rings is 1. The summed E-state index contributed by atoms with van der Waals surface area (Å²) < 4.78 is 5.42. The van der Waals surface area contributed by atoms with Gasteiger partial charge in [0.2, 0.25) is 0 Å². The maximum atomic E-state index is 5.42. The lowest BCUT2D eigenvalue weighted by Gasteiger charge is -2.38. The summed E-state index contributed by atoms with van der Waals surface area (Å²) >= 11 is 0. The molecule has 3 heteroatoms. The number of nitrogens with zero attached hydrogens (tertiary/aromatic N) is 1. The first-order valence-corrected chi connectivity index (χ1v) is 8.00. The topological polar surface area (TPSA) is 24.5 Å². The highest BCUT2D eigenvalue weighted by molar-refractivity contribution is 5.31. The van der Waals surface area contributed by atoms with Crippen molar-refractivity contribution in [1.82, 2.24) is 10.2 Å². The van der Waals surface area contributed by atoms with Crippen LogP contribution in [0.5, 0.6) is 5.75 Å². The Bertz CT molecular complexity index is 423. The molecule has 2 aliphatic rings. The van der Waals surface area contributed by atoms with Crippen molar-refractivity contribution in [2.75, 3.05) is 26.7 Å². The molecule has 110 valence electrons. The second-order valence-corrected chi connectivity index (χ2v) is 6.02. The number of piperidine rings is 1. The van der Waals surface area contributed by atoms with Crippen LogP contribution < -0.4 is 10.1 Å². The van der Waals surface area contributed by atoms with Crippen LogP contribution >= 0.6 is 0 Å². The van der Waals surface area contributed by atoms with Crippen molar-refractivity contribution in [3.8, 4) is 5.75 Å². The zero-order chi connectivity index (χ0) is 13.8. The Morgan fingerprint density at radius 3 is 2.75 bits per heavy atom. The smallest absolute Gasteiger partial charge is 0.119 e. The molecule has 20 heavy (non-hydrogen) atoms. The highest BCUT2D eigenvalue weighted by atomic mass is 16.5. The van der Waals surface area contributed by atoms with Crippen LogP contribution in [0.15, 0.2) is 24.3 Å². The minimum atomic E-state index is 0.507. The number of methoxy groups -OCH3 is 1. The third-order valence-corrected chi connectivity index (χ3v) is 4.70. The standard InChI is InChI=1S/C17H26N2O/c1-20-15-8-5-7-14(13-15)17(16-9-6-10-18-16)19-11-3-2-4-12-19/h5,7-8,13,16-18H,2-4,6,9-12H2,1H3. The lowest BCUT2D eigenvalue weighted by molar-refractivity contribution is 0.135. The molecule has 0 radical (unpaired) electrons. The number of ether oxygens (including phenoxy) is 1. The molecule has 3 nitrogen and oxygen atoms in total. The van der Waals surface area contributed by atoms with Crippen molar-refractivity contribution >= 4 is 0 Å². The second kappa shape index (κ2) is 6.59. The Labute approximate surface area is 122 Å². The molecule has 0 aromatic heterocycles. The van der Waals surface area contributed by atoms with Gasteiger partial charge in [-0.2, -0.15) is 0 Å². The first-order valence-electron chi connectivity index (χ1n) is 8.00. The third-order valence-electron chi connectivity index (χ3n) is 4.70. The van der Waals surface area contributed by atoms with E-state index in [9.17, 15) is 0 Å². The summed E-state index contributed by atoms with van der Waals surface area (Å²) in [7, 11) is 1.75. The molecule has 2 fully saturated rings. The van der Waals surface area contributed by atoms with Crippen LogP contribution in [-0.4, -0.2) is 37.7 Å². The van der Waals surface area contributed by atoms with Crippen molar-refractivity contribution < 1.29 is 4.74 Å². The summed E-state index contributed by atoms with van der Waals surface area (Å²) in [5.74, 6) is 0.975. The molecule has 3 rings (SSSR count). The van der Waals surface area contributed by atoms with E-state index in [4.69, 9.17) is 4.74 Å². The monoisotopic (exact) mass is 274 g/mol. The SMILES string of the molecule is COc1cccc(C(C2CCCN2)N2CCCCC2)c1. The maximum absolute atomic E-state index is 5.42. The maximum Gasteiger partial charge on any atom is 0.119 e. The van der Waals surface area contributed by atoms with Gasteiger partial charge in [-0.15, -0.1) is 0 Å². The van der Waals surface area contributed by atoms with E-state index in [2.05, 4.69) is 28.4 Å². The number of hydrogen-bond donors (Lipinski definition) is 1. The fourth-order valence-corrected chi connectivity index (χ4v) is 3.70. The average molecular weight is 274 g/mol. The van der Waals surface area contributed by atoms with Gasteiger partial charge in [0.05, 0.1) is 13.2 Å². The first kappa shape index (κ1) is 13.9. The molecule has 0 saturated carbocycles. The predicted molar refractivity (Wildman–Crippen MR) is 82.2 cm³/mol. The largest absolute Gasteiger partial charge is 0.497 e. The van der Waals surface area contributed by atoms with E-state index in [-0.39, 0.29) is 0 Å². The van der Waals surface area contributed by atoms with Gasteiger partial charge >= 0.3 is 0 Å². The highest BCUT2D eigenvalue weighted by Crippen LogP contribution is 2.32. The van der Waals surface area contributed by atoms with Crippen LogP contribution in [0.25, 0.3) is 0 Å². The molecule has 0 spiro atoms. The Morgan fingerprint density at radius 1 is 1.20 bits per heavy atom. The van der Waals surface area contributed by atoms with Crippen LogP contribution in [0.2, 0.25) is 0 Å². The van der Waals surface area contributed by atoms with Crippen LogP contribution in [0.3, 0.4) is 0 Å². The Morgan fingerprint density at radius 2 is 2.05 bits per heavy atom. The van der Waals surface area contributed by atoms with E-state index in [1.165, 1.54) is 57.3 Å². The summed E-state index contributed by atoms with van der Waals surface area (Å²) in [4.78, 5) is 2.68. The lowest BCUT2D eigenvalue weighted by atomic mass is 9.94. The van der Waals surface area contributed by atoms with E-state index >= 15 is 0 Å². The summed E-state index contributed by atoms with van der Waals surface area (Å²) in [6.45, 7) is 3.64. The van der Waals surface area contributed by atoms with Crippen molar-refractivity contribution in [2.45, 2.75) is 44.2 Å². The molecule has 0 bridgehead atoms. The van der Waals surface area contributed by atoms with Gasteiger partial charge in [-0.05, 0) is 63.0 Å². The minimum Gasteiger partial charge on any atom is -0.497 e. The molecule has 0 aliphatic carbocycles. The minimum absolute atomic E-state index is 0.507. The fraction of sp³-hybridized carbons (Fsp3) is 0.647. The van der Waals surface area contributed by atoms with Gasteiger partial charge in [-0.3, -0.25) is 4.90 Å². The third kappa shape index (κ3) is 2.99. The molecule has 2 aliphatic heterocycles. The van der Waals surface area contributed by atoms with Gasteiger partial charge in [-0.25, -0.2) is 0 Å². The molecule has 0 amide bonds. The molecule has 2 atom stereocenters. The summed E-state index contributed by atoms with van der Waals surface area (Å²) in [5, 5.41) is 3.71. The zero-order valence-corrected chi connectivity index (χ0v) is 12.5. The normalized spacial score (nSPS) is 25.6. The van der Waals surface area contributed by atoms with Gasteiger partial charge < -0.3 is 10.1 Å². The van der Waals surface area contributed by atoms with E-state index in [0.717, 1.165) is 5.75 Å². The summed E-state index contributed by atoms with van der Waals surface area (Å²) in [5.41, 5.74) is 1.41. The molecular formula is C17H26N2O. The fourth-order valence-electron chi connectivity index (χ4n) is 3.70. The van der Waals surface area contributed by atoms with Crippen LogP contribution in [-0.2, 0) is 0 Å². The number of hydrogen-bond acceptors (Lipinski definition) is 3. The zero-order valence-electron chi connectivity index (χ0n) is 12.5. The highest BCUT2D eigenvalue weighted by Gasteiger charge is 2.31. The quantitative estimate of drug-likeness (QED) is 0.913. The molecule has 1 N–H and O–H groups in total.